The highest BCUT2D eigenvalue weighted by atomic mass is 16.5. The van der Waals surface area contributed by atoms with E-state index in [9.17, 15) is 0 Å². The van der Waals surface area contributed by atoms with Crippen molar-refractivity contribution in [3.63, 3.8) is 0 Å². The third kappa shape index (κ3) is 5.24. The minimum Gasteiger partial charge on any atom is -0.439 e. The van der Waals surface area contributed by atoms with Gasteiger partial charge in [0, 0.05) is 61.4 Å². The topological polar surface area (TPSA) is 92.4 Å². The zero-order valence-corrected chi connectivity index (χ0v) is 19.1. The summed E-state index contributed by atoms with van der Waals surface area (Å²) in [6, 6.07) is 23.4. The Bertz CT molecular complexity index is 1240. The van der Waals surface area contributed by atoms with Crippen molar-refractivity contribution in [2.24, 2.45) is 0 Å². The molecule has 1 aliphatic heterocycles. The van der Waals surface area contributed by atoms with Crippen LogP contribution in [0.4, 0.5) is 23.1 Å². The van der Waals surface area contributed by atoms with E-state index in [0.717, 1.165) is 48.8 Å². The number of anilines is 4. The normalized spacial score (nSPS) is 14.1. The van der Waals surface area contributed by atoms with Gasteiger partial charge < -0.3 is 25.6 Å². The Labute approximate surface area is 199 Å². The Morgan fingerprint density at radius 3 is 2.41 bits per heavy atom. The number of likely N-dealkylation sites (N-methyl/N-ethyl adjacent to an activating group) is 1. The number of nitrogens with zero attached hydrogens (tertiary/aromatic N) is 5. The Morgan fingerprint density at radius 2 is 1.65 bits per heavy atom. The van der Waals surface area contributed by atoms with Crippen molar-refractivity contribution in [2.45, 2.75) is 0 Å². The zero-order chi connectivity index (χ0) is 23.3. The molecule has 172 valence electrons. The smallest absolute Gasteiger partial charge is 0.222 e. The number of nitrogens with one attached hydrogen (secondary N) is 1. The van der Waals surface area contributed by atoms with Crippen LogP contribution in [0.2, 0.25) is 0 Å². The number of piperazine rings is 1. The average Bonchev–Trinajstić information content (AvgIpc) is 2.86. The van der Waals surface area contributed by atoms with Crippen LogP contribution in [0.3, 0.4) is 0 Å². The van der Waals surface area contributed by atoms with Crippen LogP contribution < -0.4 is 20.7 Å². The number of rotatable bonds is 6. The number of benzene rings is 2. The van der Waals surface area contributed by atoms with Gasteiger partial charge in [-0.05, 0) is 37.4 Å². The van der Waals surface area contributed by atoms with Gasteiger partial charge in [0.15, 0.2) is 0 Å². The summed E-state index contributed by atoms with van der Waals surface area (Å²) in [5.41, 5.74) is 9.68. The molecular formula is C26H27N7O. The fourth-order valence-corrected chi connectivity index (χ4v) is 3.88. The van der Waals surface area contributed by atoms with Crippen molar-refractivity contribution >= 4 is 23.1 Å². The maximum Gasteiger partial charge on any atom is 0.222 e. The summed E-state index contributed by atoms with van der Waals surface area (Å²) in [7, 11) is 2.15. The molecule has 8 nitrogen and oxygen atoms in total. The van der Waals surface area contributed by atoms with Gasteiger partial charge >= 0.3 is 0 Å². The van der Waals surface area contributed by atoms with Crippen LogP contribution in [0.5, 0.6) is 11.6 Å². The molecular weight excluding hydrogens is 426 g/mol. The summed E-state index contributed by atoms with van der Waals surface area (Å²) >= 11 is 0. The Hall–Kier alpha value is -4.17. The highest BCUT2D eigenvalue weighted by Gasteiger charge is 2.15. The van der Waals surface area contributed by atoms with E-state index in [-0.39, 0.29) is 5.95 Å². The molecule has 0 radical (unpaired) electrons. The summed E-state index contributed by atoms with van der Waals surface area (Å²) < 4.78 is 6.01. The van der Waals surface area contributed by atoms with Crippen LogP contribution in [0.15, 0.2) is 79.0 Å². The van der Waals surface area contributed by atoms with Crippen LogP contribution >= 0.6 is 0 Å². The molecule has 4 aromatic rings. The van der Waals surface area contributed by atoms with Gasteiger partial charge in [0.05, 0.1) is 5.69 Å². The summed E-state index contributed by atoms with van der Waals surface area (Å²) in [5, 5.41) is 3.29. The largest absolute Gasteiger partial charge is 0.439 e. The van der Waals surface area contributed by atoms with E-state index in [1.165, 1.54) is 0 Å². The number of pyridine rings is 1. The molecule has 0 aliphatic carbocycles. The predicted molar refractivity (Wildman–Crippen MR) is 136 cm³/mol. The summed E-state index contributed by atoms with van der Waals surface area (Å²) in [6.07, 6.45) is 1.79. The molecule has 0 bridgehead atoms. The van der Waals surface area contributed by atoms with E-state index in [1.54, 1.807) is 6.20 Å². The Balaban J connectivity index is 1.26. The first-order valence-electron chi connectivity index (χ1n) is 11.3. The Morgan fingerprint density at radius 1 is 0.882 bits per heavy atom. The second-order valence-electron chi connectivity index (χ2n) is 8.26. The number of hydrogen-bond acceptors (Lipinski definition) is 8. The first-order valence-corrected chi connectivity index (χ1v) is 11.3. The van der Waals surface area contributed by atoms with Crippen molar-refractivity contribution in [2.75, 3.05) is 49.2 Å². The predicted octanol–water partition coefficient (Wildman–Crippen LogP) is 4.41. The van der Waals surface area contributed by atoms with Gasteiger partial charge in [0.25, 0.3) is 0 Å². The van der Waals surface area contributed by atoms with E-state index in [2.05, 4.69) is 37.1 Å². The van der Waals surface area contributed by atoms with Crippen LogP contribution in [-0.2, 0) is 0 Å². The molecule has 0 amide bonds. The standard InChI is InChI=1S/C26H27N7O/c1-32-13-15-33(16-14-32)21-11-12-28-25(17-21)34-22-9-7-20(8-10-22)29-24-18-23(30-26(27)31-24)19-5-3-2-4-6-19/h2-12,17-18H,13-16H2,1H3,(H3,27,29,30,31). The van der Waals surface area contributed by atoms with Crippen molar-refractivity contribution in [1.29, 1.82) is 0 Å². The Kier molecular flexibility index (Phi) is 6.22. The molecule has 0 saturated carbocycles. The van der Waals surface area contributed by atoms with Crippen LogP contribution in [0.25, 0.3) is 11.3 Å². The van der Waals surface area contributed by atoms with Crippen LogP contribution in [0.1, 0.15) is 0 Å². The monoisotopic (exact) mass is 453 g/mol. The maximum atomic E-state index is 6.01. The van der Waals surface area contributed by atoms with Gasteiger partial charge in [0.1, 0.15) is 11.6 Å². The molecule has 3 N–H and O–H groups in total. The van der Waals surface area contributed by atoms with Gasteiger partial charge in [-0.15, -0.1) is 0 Å². The van der Waals surface area contributed by atoms with Gasteiger partial charge in [-0.3, -0.25) is 0 Å². The van der Waals surface area contributed by atoms with Crippen molar-refractivity contribution < 1.29 is 4.74 Å². The molecule has 1 aliphatic rings. The SMILES string of the molecule is CN1CCN(c2ccnc(Oc3ccc(Nc4cc(-c5ccccc5)nc(N)n4)cc3)c2)CC1. The lowest BCUT2D eigenvalue weighted by Crippen LogP contribution is -2.44. The highest BCUT2D eigenvalue weighted by molar-refractivity contribution is 5.67. The second kappa shape index (κ2) is 9.76. The number of nitrogen functional groups attached to an aromatic ring is 1. The number of ether oxygens (including phenoxy) is 1. The van der Waals surface area contributed by atoms with Gasteiger partial charge in [-0.1, -0.05) is 30.3 Å². The maximum absolute atomic E-state index is 6.01. The second-order valence-corrected chi connectivity index (χ2v) is 8.26. The molecule has 1 saturated heterocycles. The first kappa shape index (κ1) is 21.7. The number of hydrogen-bond donors (Lipinski definition) is 2. The molecule has 1 fully saturated rings. The lowest BCUT2D eigenvalue weighted by molar-refractivity contribution is 0.312. The molecule has 2 aromatic carbocycles. The highest BCUT2D eigenvalue weighted by Crippen LogP contribution is 2.27. The molecule has 2 aromatic heterocycles. The van der Waals surface area contributed by atoms with E-state index in [0.29, 0.717) is 17.4 Å². The van der Waals surface area contributed by atoms with E-state index in [4.69, 9.17) is 10.5 Å². The van der Waals surface area contributed by atoms with E-state index < -0.39 is 0 Å². The van der Waals surface area contributed by atoms with Gasteiger partial charge in [0.2, 0.25) is 11.8 Å². The number of nitrogens with two attached hydrogens (primary N) is 1. The molecule has 0 unspecified atom stereocenters. The lowest BCUT2D eigenvalue weighted by atomic mass is 10.1. The minimum atomic E-state index is 0.218. The quantitative estimate of drug-likeness (QED) is 0.444. The minimum absolute atomic E-state index is 0.218. The van der Waals surface area contributed by atoms with Crippen molar-refractivity contribution in [3.05, 3.63) is 79.0 Å². The third-order valence-electron chi connectivity index (χ3n) is 5.75. The molecule has 34 heavy (non-hydrogen) atoms. The molecule has 0 spiro atoms. The summed E-state index contributed by atoms with van der Waals surface area (Å²) in [6.45, 7) is 4.11. The third-order valence-corrected chi connectivity index (χ3v) is 5.75. The molecule has 8 heteroatoms. The van der Waals surface area contributed by atoms with E-state index in [1.807, 2.05) is 72.8 Å². The van der Waals surface area contributed by atoms with E-state index >= 15 is 0 Å². The van der Waals surface area contributed by atoms with Crippen molar-refractivity contribution in [1.82, 2.24) is 19.9 Å². The van der Waals surface area contributed by atoms with Gasteiger partial charge in [-0.2, -0.15) is 4.98 Å². The first-order chi connectivity index (χ1) is 16.6. The lowest BCUT2D eigenvalue weighted by Gasteiger charge is -2.34. The molecule has 5 rings (SSSR count). The van der Waals surface area contributed by atoms with Crippen LogP contribution in [0, 0.1) is 0 Å². The van der Waals surface area contributed by atoms with Crippen molar-refractivity contribution in [3.8, 4) is 22.9 Å². The molecule has 0 atom stereocenters. The van der Waals surface area contributed by atoms with Gasteiger partial charge in [-0.25, -0.2) is 9.97 Å². The summed E-state index contributed by atoms with van der Waals surface area (Å²) in [4.78, 5) is 17.7. The number of aromatic nitrogens is 3. The fourth-order valence-electron chi connectivity index (χ4n) is 3.88. The summed E-state index contributed by atoms with van der Waals surface area (Å²) in [5.74, 6) is 2.13. The fraction of sp³-hybridized carbons (Fsp3) is 0.192. The van der Waals surface area contributed by atoms with Crippen LogP contribution in [-0.4, -0.2) is 53.1 Å². The average molecular weight is 454 g/mol. The zero-order valence-electron chi connectivity index (χ0n) is 19.1. The molecule has 3 heterocycles.